The molecule has 1 aliphatic rings. The summed E-state index contributed by atoms with van der Waals surface area (Å²) in [6.45, 7) is 2.27. The molecular weight excluding hydrogens is 352 g/mol. The van der Waals surface area contributed by atoms with Gasteiger partial charge in [-0.3, -0.25) is 9.59 Å². The third-order valence-corrected chi connectivity index (χ3v) is 5.35. The number of carbonyl (C=O) groups excluding carboxylic acids is 2. The highest BCUT2D eigenvalue weighted by molar-refractivity contribution is 7.99. The minimum absolute atomic E-state index is 0.0408. The number of rotatable bonds is 6. The number of hydrogen-bond donors (Lipinski definition) is 0. The molecule has 3 rings (SSSR count). The standard InChI is InChI=1S/C19H22N2O4S/c1-24-16-2-4-17(5-3-16)26-13-7-18(22)20-8-10-21(11-9-20)19(23)15-6-12-25-14-15/h2-6,12,14H,7-11,13H2,1H3. The van der Waals surface area contributed by atoms with Gasteiger partial charge in [-0.25, -0.2) is 0 Å². The van der Waals surface area contributed by atoms with E-state index in [2.05, 4.69) is 0 Å². The lowest BCUT2D eigenvalue weighted by Crippen LogP contribution is -2.50. The maximum absolute atomic E-state index is 12.4. The second-order valence-corrected chi connectivity index (χ2v) is 7.13. The topological polar surface area (TPSA) is 63.0 Å². The monoisotopic (exact) mass is 374 g/mol. The number of thioether (sulfide) groups is 1. The van der Waals surface area contributed by atoms with Crippen LogP contribution in [0.15, 0.2) is 52.2 Å². The van der Waals surface area contributed by atoms with Crippen molar-refractivity contribution in [1.82, 2.24) is 9.80 Å². The van der Waals surface area contributed by atoms with Crippen LogP contribution in [0.1, 0.15) is 16.8 Å². The molecule has 0 bridgehead atoms. The van der Waals surface area contributed by atoms with E-state index in [1.54, 1.807) is 29.8 Å². The number of ether oxygens (including phenoxy) is 1. The molecule has 2 aromatic rings. The fourth-order valence-corrected chi connectivity index (χ4v) is 3.65. The first-order valence-corrected chi connectivity index (χ1v) is 9.52. The van der Waals surface area contributed by atoms with Crippen LogP contribution in [0, 0.1) is 0 Å². The van der Waals surface area contributed by atoms with Crippen molar-refractivity contribution < 1.29 is 18.7 Å². The zero-order valence-corrected chi connectivity index (χ0v) is 15.5. The molecule has 2 heterocycles. The minimum Gasteiger partial charge on any atom is -0.497 e. The van der Waals surface area contributed by atoms with Crippen molar-refractivity contribution in [2.75, 3.05) is 39.0 Å². The van der Waals surface area contributed by atoms with Crippen LogP contribution in [0.2, 0.25) is 0 Å². The maximum Gasteiger partial charge on any atom is 0.257 e. The second-order valence-electron chi connectivity index (χ2n) is 5.96. The van der Waals surface area contributed by atoms with E-state index in [0.717, 1.165) is 16.4 Å². The molecule has 1 saturated heterocycles. The second kappa shape index (κ2) is 8.80. The highest BCUT2D eigenvalue weighted by atomic mass is 32.2. The molecule has 0 N–H and O–H groups in total. The van der Waals surface area contributed by atoms with Crippen molar-refractivity contribution >= 4 is 23.6 Å². The Morgan fingerprint density at radius 3 is 2.38 bits per heavy atom. The van der Waals surface area contributed by atoms with Crippen molar-refractivity contribution in [3.63, 3.8) is 0 Å². The average Bonchev–Trinajstić information content (AvgIpc) is 3.23. The van der Waals surface area contributed by atoms with E-state index in [1.807, 2.05) is 29.2 Å². The predicted octanol–water partition coefficient (Wildman–Crippen LogP) is 2.76. The fourth-order valence-electron chi connectivity index (χ4n) is 2.81. The molecule has 0 atom stereocenters. The van der Waals surface area contributed by atoms with Gasteiger partial charge in [0.1, 0.15) is 12.0 Å². The molecule has 0 spiro atoms. The van der Waals surface area contributed by atoms with Gasteiger partial charge >= 0.3 is 0 Å². The highest BCUT2D eigenvalue weighted by Gasteiger charge is 2.25. The molecule has 1 aliphatic heterocycles. The van der Waals surface area contributed by atoms with Crippen molar-refractivity contribution in [2.45, 2.75) is 11.3 Å². The normalized spacial score (nSPS) is 14.3. The van der Waals surface area contributed by atoms with Gasteiger partial charge in [0.05, 0.1) is 18.9 Å². The molecule has 2 amide bonds. The Labute approximate surface area is 157 Å². The summed E-state index contributed by atoms with van der Waals surface area (Å²) < 4.78 is 10.1. The van der Waals surface area contributed by atoms with E-state index >= 15 is 0 Å². The van der Waals surface area contributed by atoms with Gasteiger partial charge in [0.25, 0.3) is 5.91 Å². The summed E-state index contributed by atoms with van der Waals surface area (Å²) in [5.41, 5.74) is 0.556. The summed E-state index contributed by atoms with van der Waals surface area (Å²) in [5, 5.41) is 0. The third kappa shape index (κ3) is 4.60. The van der Waals surface area contributed by atoms with E-state index in [0.29, 0.717) is 38.2 Å². The Morgan fingerprint density at radius 1 is 1.08 bits per heavy atom. The van der Waals surface area contributed by atoms with Gasteiger partial charge in [0.15, 0.2) is 0 Å². The van der Waals surface area contributed by atoms with Crippen molar-refractivity contribution in [2.24, 2.45) is 0 Å². The first kappa shape index (κ1) is 18.4. The zero-order valence-electron chi connectivity index (χ0n) is 14.7. The van der Waals surface area contributed by atoms with Crippen LogP contribution in [-0.2, 0) is 4.79 Å². The van der Waals surface area contributed by atoms with Gasteiger partial charge in [-0.2, -0.15) is 0 Å². The van der Waals surface area contributed by atoms with Crippen LogP contribution in [0.4, 0.5) is 0 Å². The van der Waals surface area contributed by atoms with Crippen molar-refractivity contribution in [1.29, 1.82) is 0 Å². The van der Waals surface area contributed by atoms with E-state index in [-0.39, 0.29) is 11.8 Å². The predicted molar refractivity (Wildman–Crippen MR) is 99.5 cm³/mol. The summed E-state index contributed by atoms with van der Waals surface area (Å²) in [6, 6.07) is 9.49. The molecule has 1 fully saturated rings. The number of amides is 2. The average molecular weight is 374 g/mol. The van der Waals surface area contributed by atoms with Crippen LogP contribution in [-0.4, -0.2) is 60.7 Å². The fraction of sp³-hybridized carbons (Fsp3) is 0.368. The van der Waals surface area contributed by atoms with Gasteiger partial charge in [0, 0.05) is 43.2 Å². The Hall–Kier alpha value is -2.41. The Morgan fingerprint density at radius 2 is 1.77 bits per heavy atom. The Kier molecular flexibility index (Phi) is 6.22. The number of nitrogens with zero attached hydrogens (tertiary/aromatic N) is 2. The third-order valence-electron chi connectivity index (χ3n) is 4.33. The molecule has 1 aromatic carbocycles. The number of methoxy groups -OCH3 is 1. The quantitative estimate of drug-likeness (QED) is 0.728. The van der Waals surface area contributed by atoms with Gasteiger partial charge in [-0.05, 0) is 30.3 Å². The number of piperazine rings is 1. The highest BCUT2D eigenvalue weighted by Crippen LogP contribution is 2.22. The molecule has 0 saturated carbocycles. The molecule has 0 radical (unpaired) electrons. The molecule has 0 unspecified atom stereocenters. The number of benzene rings is 1. The maximum atomic E-state index is 12.4. The first-order chi connectivity index (χ1) is 12.7. The zero-order chi connectivity index (χ0) is 18.4. The Bertz CT molecular complexity index is 723. The molecule has 1 aromatic heterocycles. The minimum atomic E-state index is -0.0408. The number of hydrogen-bond acceptors (Lipinski definition) is 5. The largest absolute Gasteiger partial charge is 0.497 e. The van der Waals surface area contributed by atoms with E-state index in [9.17, 15) is 9.59 Å². The van der Waals surface area contributed by atoms with Crippen LogP contribution >= 0.6 is 11.8 Å². The van der Waals surface area contributed by atoms with E-state index < -0.39 is 0 Å². The van der Waals surface area contributed by atoms with Crippen LogP contribution in [0.25, 0.3) is 0 Å². The number of furan rings is 1. The van der Waals surface area contributed by atoms with Gasteiger partial charge < -0.3 is 19.0 Å². The SMILES string of the molecule is COc1ccc(SCCC(=O)N2CCN(C(=O)c3ccoc3)CC2)cc1. The van der Waals surface area contributed by atoms with Crippen molar-refractivity contribution in [3.8, 4) is 5.75 Å². The van der Waals surface area contributed by atoms with E-state index in [4.69, 9.17) is 9.15 Å². The summed E-state index contributed by atoms with van der Waals surface area (Å²) in [6.07, 6.45) is 3.44. The lowest BCUT2D eigenvalue weighted by Gasteiger charge is -2.34. The summed E-state index contributed by atoms with van der Waals surface area (Å²) in [4.78, 5) is 29.4. The molecule has 6 nitrogen and oxygen atoms in total. The van der Waals surface area contributed by atoms with Gasteiger partial charge in [0.2, 0.25) is 5.91 Å². The van der Waals surface area contributed by atoms with Crippen molar-refractivity contribution in [3.05, 3.63) is 48.4 Å². The lowest BCUT2D eigenvalue weighted by molar-refractivity contribution is -0.132. The smallest absolute Gasteiger partial charge is 0.257 e. The van der Waals surface area contributed by atoms with Crippen LogP contribution < -0.4 is 4.74 Å². The number of carbonyl (C=O) groups is 2. The van der Waals surface area contributed by atoms with Gasteiger partial charge in [-0.1, -0.05) is 0 Å². The van der Waals surface area contributed by atoms with Crippen LogP contribution in [0.3, 0.4) is 0 Å². The first-order valence-electron chi connectivity index (χ1n) is 8.53. The summed E-state index contributed by atoms with van der Waals surface area (Å²) in [5.74, 6) is 1.66. The molecule has 7 heteroatoms. The molecule has 138 valence electrons. The summed E-state index contributed by atoms with van der Waals surface area (Å²) >= 11 is 1.66. The lowest BCUT2D eigenvalue weighted by atomic mass is 10.2. The summed E-state index contributed by atoms with van der Waals surface area (Å²) in [7, 11) is 1.64. The Balaban J connectivity index is 1.40. The van der Waals surface area contributed by atoms with Gasteiger partial charge in [-0.15, -0.1) is 11.8 Å². The van der Waals surface area contributed by atoms with E-state index in [1.165, 1.54) is 12.5 Å². The molecular formula is C19H22N2O4S. The molecule has 0 aliphatic carbocycles. The van der Waals surface area contributed by atoms with Crippen LogP contribution in [0.5, 0.6) is 5.75 Å². The molecule has 26 heavy (non-hydrogen) atoms.